The predicted octanol–water partition coefficient (Wildman–Crippen LogP) is -0.131. The lowest BCUT2D eigenvalue weighted by molar-refractivity contribution is -0.121. The summed E-state index contributed by atoms with van der Waals surface area (Å²) < 4.78 is 0. The molecular weight excluding hydrogens is 228 g/mol. The molecule has 1 rings (SSSR count). The van der Waals surface area contributed by atoms with Crippen LogP contribution in [0.1, 0.15) is 25.7 Å². The molecule has 1 aliphatic rings. The molecule has 3 N–H and O–H groups in total. The molecule has 0 radical (unpaired) electrons. The fraction of sp³-hybridized carbons (Fsp3) is 0.923. The molecule has 1 saturated heterocycles. The Labute approximate surface area is 111 Å². The third-order valence-electron chi connectivity index (χ3n) is 3.45. The molecule has 1 amide bonds. The SMILES string of the molecule is CN1CCN(CCNC(=O)CCCCCN)CC1. The van der Waals surface area contributed by atoms with Crippen molar-refractivity contribution in [3.8, 4) is 0 Å². The maximum atomic E-state index is 11.5. The summed E-state index contributed by atoms with van der Waals surface area (Å²) in [6, 6.07) is 0. The highest BCUT2D eigenvalue weighted by Crippen LogP contribution is 1.99. The number of nitrogens with zero attached hydrogens (tertiary/aromatic N) is 2. The molecule has 0 atom stereocenters. The van der Waals surface area contributed by atoms with Gasteiger partial charge in [-0.15, -0.1) is 0 Å². The van der Waals surface area contributed by atoms with Gasteiger partial charge in [0.05, 0.1) is 0 Å². The average Bonchev–Trinajstić information content (AvgIpc) is 2.37. The number of amides is 1. The molecule has 5 nitrogen and oxygen atoms in total. The molecule has 106 valence electrons. The molecule has 1 aliphatic heterocycles. The van der Waals surface area contributed by atoms with E-state index in [1.54, 1.807) is 0 Å². The lowest BCUT2D eigenvalue weighted by atomic mass is 10.2. The number of carbonyl (C=O) groups is 1. The van der Waals surface area contributed by atoms with Crippen LogP contribution in [0, 0.1) is 0 Å². The number of unbranched alkanes of at least 4 members (excludes halogenated alkanes) is 2. The predicted molar refractivity (Wildman–Crippen MR) is 74.5 cm³/mol. The summed E-state index contributed by atoms with van der Waals surface area (Å²) >= 11 is 0. The van der Waals surface area contributed by atoms with E-state index in [2.05, 4.69) is 22.2 Å². The van der Waals surface area contributed by atoms with Crippen LogP contribution in [0.15, 0.2) is 0 Å². The van der Waals surface area contributed by atoms with E-state index in [0.29, 0.717) is 6.42 Å². The lowest BCUT2D eigenvalue weighted by Crippen LogP contribution is -2.46. The van der Waals surface area contributed by atoms with Crippen LogP contribution in [0.5, 0.6) is 0 Å². The molecule has 0 aromatic rings. The highest BCUT2D eigenvalue weighted by molar-refractivity contribution is 5.75. The maximum absolute atomic E-state index is 11.5. The van der Waals surface area contributed by atoms with Gasteiger partial charge in [-0.25, -0.2) is 0 Å². The summed E-state index contributed by atoms with van der Waals surface area (Å²) in [5.41, 5.74) is 5.41. The van der Waals surface area contributed by atoms with Crippen LogP contribution in [0.2, 0.25) is 0 Å². The van der Waals surface area contributed by atoms with Crippen LogP contribution >= 0.6 is 0 Å². The summed E-state index contributed by atoms with van der Waals surface area (Å²) in [7, 11) is 2.15. The summed E-state index contributed by atoms with van der Waals surface area (Å²) in [4.78, 5) is 16.3. The Hall–Kier alpha value is -0.650. The van der Waals surface area contributed by atoms with E-state index in [0.717, 1.165) is 65.1 Å². The van der Waals surface area contributed by atoms with Gasteiger partial charge in [-0.2, -0.15) is 0 Å². The van der Waals surface area contributed by atoms with Crippen LogP contribution < -0.4 is 11.1 Å². The molecule has 0 bridgehead atoms. The van der Waals surface area contributed by atoms with Crippen molar-refractivity contribution in [2.75, 3.05) is 52.9 Å². The van der Waals surface area contributed by atoms with E-state index < -0.39 is 0 Å². The van der Waals surface area contributed by atoms with Crippen molar-refractivity contribution < 1.29 is 4.79 Å². The number of nitrogens with two attached hydrogens (primary N) is 1. The second kappa shape index (κ2) is 9.30. The Kier molecular flexibility index (Phi) is 7.96. The Morgan fingerprint density at radius 1 is 1.17 bits per heavy atom. The Balaban J connectivity index is 1.95. The van der Waals surface area contributed by atoms with Gasteiger partial charge in [0.2, 0.25) is 5.91 Å². The van der Waals surface area contributed by atoms with Gasteiger partial charge in [-0.3, -0.25) is 9.69 Å². The number of hydrogen-bond acceptors (Lipinski definition) is 4. The third-order valence-corrected chi connectivity index (χ3v) is 3.45. The van der Waals surface area contributed by atoms with Crippen LogP contribution in [0.3, 0.4) is 0 Å². The summed E-state index contributed by atoms with van der Waals surface area (Å²) in [6.07, 6.45) is 3.68. The van der Waals surface area contributed by atoms with Gasteiger partial charge in [0, 0.05) is 45.7 Å². The fourth-order valence-electron chi connectivity index (χ4n) is 2.12. The van der Waals surface area contributed by atoms with Gasteiger partial charge in [0.15, 0.2) is 0 Å². The Morgan fingerprint density at radius 3 is 2.56 bits per heavy atom. The van der Waals surface area contributed by atoms with Gasteiger partial charge in [0.1, 0.15) is 0 Å². The Bertz CT molecular complexity index is 227. The number of carbonyl (C=O) groups excluding carboxylic acids is 1. The van der Waals surface area contributed by atoms with Crippen molar-refractivity contribution >= 4 is 5.91 Å². The van der Waals surface area contributed by atoms with Gasteiger partial charge in [-0.1, -0.05) is 6.42 Å². The van der Waals surface area contributed by atoms with Crippen molar-refractivity contribution in [2.24, 2.45) is 5.73 Å². The quantitative estimate of drug-likeness (QED) is 0.594. The molecule has 0 unspecified atom stereocenters. The molecule has 1 fully saturated rings. The molecule has 18 heavy (non-hydrogen) atoms. The Morgan fingerprint density at radius 2 is 1.89 bits per heavy atom. The number of nitrogens with one attached hydrogen (secondary N) is 1. The smallest absolute Gasteiger partial charge is 0.220 e. The molecule has 0 aromatic heterocycles. The molecule has 5 heteroatoms. The molecule has 0 saturated carbocycles. The minimum atomic E-state index is 0.182. The highest BCUT2D eigenvalue weighted by atomic mass is 16.1. The molecule has 0 aliphatic carbocycles. The number of rotatable bonds is 8. The second-order valence-electron chi connectivity index (χ2n) is 5.09. The van der Waals surface area contributed by atoms with Gasteiger partial charge >= 0.3 is 0 Å². The van der Waals surface area contributed by atoms with Crippen molar-refractivity contribution in [2.45, 2.75) is 25.7 Å². The minimum Gasteiger partial charge on any atom is -0.355 e. The van der Waals surface area contributed by atoms with E-state index in [1.165, 1.54) is 0 Å². The topological polar surface area (TPSA) is 61.6 Å². The van der Waals surface area contributed by atoms with Crippen molar-refractivity contribution in [1.29, 1.82) is 0 Å². The summed E-state index contributed by atoms with van der Waals surface area (Å²) in [6.45, 7) is 6.97. The number of likely N-dealkylation sites (N-methyl/N-ethyl adjacent to an activating group) is 1. The zero-order valence-corrected chi connectivity index (χ0v) is 11.7. The van der Waals surface area contributed by atoms with Crippen molar-refractivity contribution in [3.05, 3.63) is 0 Å². The number of hydrogen-bond donors (Lipinski definition) is 2. The maximum Gasteiger partial charge on any atom is 0.220 e. The normalized spacial score (nSPS) is 17.9. The first-order valence-corrected chi connectivity index (χ1v) is 7.10. The van der Waals surface area contributed by atoms with E-state index in [1.807, 2.05) is 0 Å². The van der Waals surface area contributed by atoms with E-state index in [-0.39, 0.29) is 5.91 Å². The van der Waals surface area contributed by atoms with E-state index in [4.69, 9.17) is 5.73 Å². The largest absolute Gasteiger partial charge is 0.355 e. The molecular formula is C13H28N4O. The highest BCUT2D eigenvalue weighted by Gasteiger charge is 2.13. The zero-order chi connectivity index (χ0) is 13.2. The monoisotopic (exact) mass is 256 g/mol. The van der Waals surface area contributed by atoms with Gasteiger partial charge in [-0.05, 0) is 26.4 Å². The average molecular weight is 256 g/mol. The zero-order valence-electron chi connectivity index (χ0n) is 11.7. The van der Waals surface area contributed by atoms with Gasteiger partial charge < -0.3 is 16.0 Å². The van der Waals surface area contributed by atoms with Crippen LogP contribution in [0.25, 0.3) is 0 Å². The first-order valence-electron chi connectivity index (χ1n) is 7.10. The van der Waals surface area contributed by atoms with E-state index in [9.17, 15) is 4.79 Å². The minimum absolute atomic E-state index is 0.182. The fourth-order valence-corrected chi connectivity index (χ4v) is 2.12. The molecule has 0 aromatic carbocycles. The summed E-state index contributed by atoms with van der Waals surface area (Å²) in [5.74, 6) is 0.182. The molecule has 0 spiro atoms. The number of piperazine rings is 1. The van der Waals surface area contributed by atoms with Crippen LogP contribution in [-0.4, -0.2) is 68.6 Å². The van der Waals surface area contributed by atoms with Crippen LogP contribution in [0.4, 0.5) is 0 Å². The second-order valence-corrected chi connectivity index (χ2v) is 5.09. The first-order chi connectivity index (χ1) is 8.72. The third kappa shape index (κ3) is 6.93. The first kappa shape index (κ1) is 15.4. The van der Waals surface area contributed by atoms with Crippen molar-refractivity contribution in [3.63, 3.8) is 0 Å². The van der Waals surface area contributed by atoms with E-state index >= 15 is 0 Å². The standard InChI is InChI=1S/C13H28N4O/c1-16-9-11-17(12-10-16)8-7-15-13(18)5-3-2-4-6-14/h2-12,14H2,1H3,(H,15,18). The van der Waals surface area contributed by atoms with Crippen molar-refractivity contribution in [1.82, 2.24) is 15.1 Å². The van der Waals surface area contributed by atoms with Crippen LogP contribution in [-0.2, 0) is 4.79 Å². The molecule has 1 heterocycles. The van der Waals surface area contributed by atoms with Gasteiger partial charge in [0.25, 0.3) is 0 Å². The summed E-state index contributed by atoms with van der Waals surface area (Å²) in [5, 5.41) is 2.99. The lowest BCUT2D eigenvalue weighted by Gasteiger charge is -2.32.